The van der Waals surface area contributed by atoms with Gasteiger partial charge in [-0.05, 0) is 6.07 Å². The minimum Gasteiger partial charge on any atom is -0.370 e. The van der Waals surface area contributed by atoms with Crippen LogP contribution in [0.3, 0.4) is 0 Å². The van der Waals surface area contributed by atoms with Crippen molar-refractivity contribution in [3.05, 3.63) is 35.4 Å². The Morgan fingerprint density at radius 1 is 1.41 bits per heavy atom. The second kappa shape index (κ2) is 6.93. The Kier molecular flexibility index (Phi) is 5.51. The number of carbonyl (C=O) groups is 1. The van der Waals surface area contributed by atoms with Crippen molar-refractivity contribution in [2.45, 2.75) is 6.54 Å². The molecule has 0 aliphatic carbocycles. The van der Waals surface area contributed by atoms with Crippen LogP contribution in [0.4, 0.5) is 8.78 Å². The number of nitrogens with one attached hydrogen (secondary N) is 1. The summed E-state index contributed by atoms with van der Waals surface area (Å²) in [5, 5.41) is 2.86. The van der Waals surface area contributed by atoms with E-state index in [1.807, 2.05) is 0 Å². The van der Waals surface area contributed by atoms with Crippen LogP contribution in [0.1, 0.15) is 5.56 Å². The molecule has 1 rings (SSSR count). The summed E-state index contributed by atoms with van der Waals surface area (Å²) in [4.78, 5) is 10.3. The molecule has 3 N–H and O–H groups in total. The zero-order valence-corrected chi connectivity index (χ0v) is 9.21. The largest absolute Gasteiger partial charge is 0.370 e. The predicted molar refractivity (Wildman–Crippen MR) is 58.1 cm³/mol. The van der Waals surface area contributed by atoms with Crippen LogP contribution >= 0.6 is 0 Å². The first kappa shape index (κ1) is 13.5. The standard InChI is InChI=1S/C11H14F2N2O2/c12-9-3-1-2-8(11(9)13)6-15-4-5-17-7-10(14)16/h1-3,15H,4-7H2,(H2,14,16). The molecule has 0 fully saturated rings. The number of carbonyl (C=O) groups excluding carboxylic acids is 1. The van der Waals surface area contributed by atoms with Crippen molar-refractivity contribution in [3.63, 3.8) is 0 Å². The Morgan fingerprint density at radius 2 is 2.18 bits per heavy atom. The van der Waals surface area contributed by atoms with E-state index in [1.165, 1.54) is 12.1 Å². The smallest absolute Gasteiger partial charge is 0.243 e. The van der Waals surface area contributed by atoms with E-state index >= 15 is 0 Å². The Balaban J connectivity index is 2.22. The molecule has 0 aliphatic heterocycles. The number of amides is 1. The molecule has 0 spiro atoms. The van der Waals surface area contributed by atoms with E-state index in [0.29, 0.717) is 6.54 Å². The SMILES string of the molecule is NC(=O)COCCNCc1cccc(F)c1F. The number of rotatable bonds is 7. The Bertz CT molecular complexity index is 386. The summed E-state index contributed by atoms with van der Waals surface area (Å²) in [6.45, 7) is 0.753. The minimum atomic E-state index is -0.866. The number of hydrogen-bond acceptors (Lipinski definition) is 3. The highest BCUT2D eigenvalue weighted by Gasteiger charge is 2.06. The lowest BCUT2D eigenvalue weighted by molar-refractivity contribution is -0.122. The molecule has 0 radical (unpaired) electrons. The number of ether oxygens (including phenoxy) is 1. The van der Waals surface area contributed by atoms with Crippen molar-refractivity contribution in [1.82, 2.24) is 5.32 Å². The van der Waals surface area contributed by atoms with Crippen LogP contribution in [0.25, 0.3) is 0 Å². The summed E-state index contributed by atoms with van der Waals surface area (Å²) in [7, 11) is 0. The Morgan fingerprint density at radius 3 is 2.88 bits per heavy atom. The first-order chi connectivity index (χ1) is 8.11. The molecule has 17 heavy (non-hydrogen) atoms. The molecule has 1 aromatic rings. The number of benzene rings is 1. The van der Waals surface area contributed by atoms with Crippen LogP contribution < -0.4 is 11.1 Å². The second-order valence-electron chi connectivity index (χ2n) is 3.41. The number of hydrogen-bond donors (Lipinski definition) is 2. The van der Waals surface area contributed by atoms with E-state index in [1.54, 1.807) is 0 Å². The normalized spacial score (nSPS) is 10.5. The van der Waals surface area contributed by atoms with Gasteiger partial charge in [0.05, 0.1) is 6.61 Å². The second-order valence-corrected chi connectivity index (χ2v) is 3.41. The summed E-state index contributed by atoms with van der Waals surface area (Å²) >= 11 is 0. The van der Waals surface area contributed by atoms with Crippen LogP contribution in [0.2, 0.25) is 0 Å². The lowest BCUT2D eigenvalue weighted by Crippen LogP contribution is -2.24. The molecule has 94 valence electrons. The van der Waals surface area contributed by atoms with Crippen molar-refractivity contribution >= 4 is 5.91 Å². The molecule has 1 aromatic carbocycles. The zero-order chi connectivity index (χ0) is 12.7. The van der Waals surface area contributed by atoms with Gasteiger partial charge >= 0.3 is 0 Å². The molecule has 6 heteroatoms. The first-order valence-corrected chi connectivity index (χ1v) is 5.11. The molecular weight excluding hydrogens is 230 g/mol. The third-order valence-electron chi connectivity index (χ3n) is 2.01. The van der Waals surface area contributed by atoms with E-state index in [2.05, 4.69) is 5.32 Å². The van der Waals surface area contributed by atoms with Crippen molar-refractivity contribution in [2.24, 2.45) is 5.73 Å². The van der Waals surface area contributed by atoms with E-state index < -0.39 is 17.5 Å². The summed E-state index contributed by atoms with van der Waals surface area (Å²) in [6, 6.07) is 4.00. The van der Waals surface area contributed by atoms with Crippen LogP contribution in [0.5, 0.6) is 0 Å². The highest BCUT2D eigenvalue weighted by Crippen LogP contribution is 2.10. The molecule has 4 nitrogen and oxygen atoms in total. The number of halogens is 2. The molecule has 0 atom stereocenters. The number of primary amides is 1. The van der Waals surface area contributed by atoms with E-state index in [4.69, 9.17) is 10.5 Å². The van der Waals surface area contributed by atoms with Gasteiger partial charge in [-0.15, -0.1) is 0 Å². The maximum Gasteiger partial charge on any atom is 0.243 e. The van der Waals surface area contributed by atoms with Gasteiger partial charge in [0, 0.05) is 18.7 Å². The summed E-state index contributed by atoms with van der Waals surface area (Å²) in [5.74, 6) is -2.26. The van der Waals surface area contributed by atoms with Crippen molar-refractivity contribution in [3.8, 4) is 0 Å². The van der Waals surface area contributed by atoms with E-state index in [0.717, 1.165) is 6.07 Å². The van der Waals surface area contributed by atoms with Gasteiger partial charge in [-0.3, -0.25) is 4.79 Å². The maximum atomic E-state index is 13.2. The fourth-order valence-electron chi connectivity index (χ4n) is 1.23. The molecular formula is C11H14F2N2O2. The highest BCUT2D eigenvalue weighted by atomic mass is 19.2. The average Bonchev–Trinajstić information content (AvgIpc) is 2.28. The topological polar surface area (TPSA) is 64.4 Å². The predicted octanol–water partition coefficient (Wildman–Crippen LogP) is 0.556. The molecule has 0 saturated carbocycles. The molecule has 0 unspecified atom stereocenters. The quantitative estimate of drug-likeness (QED) is 0.689. The van der Waals surface area contributed by atoms with Crippen molar-refractivity contribution in [2.75, 3.05) is 19.8 Å². The van der Waals surface area contributed by atoms with E-state index in [-0.39, 0.29) is 25.3 Å². The van der Waals surface area contributed by atoms with Crippen molar-refractivity contribution in [1.29, 1.82) is 0 Å². The van der Waals surface area contributed by atoms with Gasteiger partial charge in [-0.1, -0.05) is 12.1 Å². The van der Waals surface area contributed by atoms with Gasteiger partial charge < -0.3 is 15.8 Å². The average molecular weight is 244 g/mol. The monoisotopic (exact) mass is 244 g/mol. The fourth-order valence-corrected chi connectivity index (χ4v) is 1.23. The summed E-state index contributed by atoms with van der Waals surface area (Å²) in [6.07, 6.45) is 0. The molecule has 0 bridgehead atoms. The lowest BCUT2D eigenvalue weighted by atomic mass is 10.2. The third-order valence-corrected chi connectivity index (χ3v) is 2.01. The molecule has 0 aromatic heterocycles. The van der Waals surface area contributed by atoms with Gasteiger partial charge in [-0.2, -0.15) is 0 Å². The molecule has 1 amide bonds. The maximum absolute atomic E-state index is 13.2. The molecule has 0 aliphatic rings. The van der Waals surface area contributed by atoms with Crippen LogP contribution in [0.15, 0.2) is 18.2 Å². The van der Waals surface area contributed by atoms with Crippen molar-refractivity contribution < 1.29 is 18.3 Å². The van der Waals surface area contributed by atoms with Gasteiger partial charge in [0.1, 0.15) is 6.61 Å². The fraction of sp³-hybridized carbons (Fsp3) is 0.364. The van der Waals surface area contributed by atoms with Gasteiger partial charge in [0.15, 0.2) is 11.6 Å². The first-order valence-electron chi connectivity index (χ1n) is 5.11. The molecule has 0 heterocycles. The van der Waals surface area contributed by atoms with Gasteiger partial charge in [0.25, 0.3) is 0 Å². The van der Waals surface area contributed by atoms with Gasteiger partial charge in [0.2, 0.25) is 5.91 Å². The molecule has 0 saturated heterocycles. The van der Waals surface area contributed by atoms with E-state index in [9.17, 15) is 13.6 Å². The van der Waals surface area contributed by atoms with Crippen LogP contribution in [-0.2, 0) is 16.1 Å². The number of nitrogens with two attached hydrogens (primary N) is 1. The minimum absolute atomic E-state index is 0.143. The zero-order valence-electron chi connectivity index (χ0n) is 9.21. The summed E-state index contributed by atoms with van der Waals surface area (Å²) < 4.78 is 30.9. The summed E-state index contributed by atoms with van der Waals surface area (Å²) in [5.41, 5.74) is 5.11. The Labute approximate surface area is 97.8 Å². The third kappa shape index (κ3) is 4.88. The van der Waals surface area contributed by atoms with Gasteiger partial charge in [-0.25, -0.2) is 8.78 Å². The lowest BCUT2D eigenvalue weighted by Gasteiger charge is -2.06. The highest BCUT2D eigenvalue weighted by molar-refractivity contribution is 5.74. The Hall–Kier alpha value is -1.53. The van der Waals surface area contributed by atoms with Crippen LogP contribution in [-0.4, -0.2) is 25.7 Å². The van der Waals surface area contributed by atoms with Crippen LogP contribution in [0, 0.1) is 11.6 Å².